The molecule has 0 amide bonds. The van der Waals surface area contributed by atoms with Crippen molar-refractivity contribution in [3.8, 4) is 33.9 Å². The van der Waals surface area contributed by atoms with Gasteiger partial charge < -0.3 is 4.98 Å². The zero-order valence-corrected chi connectivity index (χ0v) is 16.0. The van der Waals surface area contributed by atoms with Crippen molar-refractivity contribution >= 4 is 22.1 Å². The molecule has 8 heteroatoms. The van der Waals surface area contributed by atoms with Crippen LogP contribution in [0.4, 0.5) is 4.39 Å². The van der Waals surface area contributed by atoms with Crippen LogP contribution in [0.5, 0.6) is 0 Å². The Kier molecular flexibility index (Phi) is 3.82. The Morgan fingerprint density at radius 2 is 1.65 bits per heavy atom. The van der Waals surface area contributed by atoms with Crippen molar-refractivity contribution in [1.82, 2.24) is 35.1 Å². The molecule has 0 fully saturated rings. The molecule has 31 heavy (non-hydrogen) atoms. The highest BCUT2D eigenvalue weighted by Gasteiger charge is 2.17. The Morgan fingerprint density at radius 3 is 2.48 bits per heavy atom. The van der Waals surface area contributed by atoms with Crippen LogP contribution in [0.2, 0.25) is 0 Å². The molecule has 0 spiro atoms. The van der Waals surface area contributed by atoms with Crippen LogP contribution in [0.1, 0.15) is 0 Å². The van der Waals surface area contributed by atoms with E-state index in [-0.39, 0.29) is 5.82 Å². The van der Waals surface area contributed by atoms with Crippen molar-refractivity contribution in [3.63, 3.8) is 0 Å². The van der Waals surface area contributed by atoms with Gasteiger partial charge in [0.25, 0.3) is 0 Å². The van der Waals surface area contributed by atoms with Crippen LogP contribution in [0, 0.1) is 5.82 Å². The van der Waals surface area contributed by atoms with E-state index < -0.39 is 0 Å². The minimum Gasteiger partial charge on any atom is -0.335 e. The summed E-state index contributed by atoms with van der Waals surface area (Å²) in [5.74, 6) is 0.290. The molecule has 148 valence electrons. The number of H-pyrrole nitrogens is 2. The van der Waals surface area contributed by atoms with E-state index >= 15 is 0 Å². The van der Waals surface area contributed by atoms with Crippen molar-refractivity contribution < 1.29 is 4.39 Å². The molecule has 5 aromatic heterocycles. The Labute approximate surface area is 175 Å². The first-order valence-electron chi connectivity index (χ1n) is 9.62. The molecule has 6 aromatic rings. The van der Waals surface area contributed by atoms with Gasteiger partial charge in [0.2, 0.25) is 0 Å². The van der Waals surface area contributed by atoms with Crippen molar-refractivity contribution in [2.45, 2.75) is 0 Å². The monoisotopic (exact) mass is 407 g/mol. The van der Waals surface area contributed by atoms with E-state index in [4.69, 9.17) is 9.97 Å². The smallest absolute Gasteiger partial charge is 0.161 e. The summed E-state index contributed by atoms with van der Waals surface area (Å²) in [4.78, 5) is 21.3. The summed E-state index contributed by atoms with van der Waals surface area (Å²) in [6, 6.07) is 14.0. The van der Waals surface area contributed by atoms with E-state index in [2.05, 4.69) is 25.1 Å². The second-order valence-electron chi connectivity index (χ2n) is 7.08. The van der Waals surface area contributed by atoms with Gasteiger partial charge in [-0.05, 0) is 42.0 Å². The number of aromatic amines is 2. The Bertz CT molecular complexity index is 1540. The molecular formula is C23H14FN7. The first-order valence-corrected chi connectivity index (χ1v) is 9.62. The maximum absolute atomic E-state index is 13.3. The van der Waals surface area contributed by atoms with E-state index in [1.54, 1.807) is 36.9 Å². The summed E-state index contributed by atoms with van der Waals surface area (Å²) in [6.07, 6.45) is 6.94. The summed E-state index contributed by atoms with van der Waals surface area (Å²) < 4.78 is 13.3. The van der Waals surface area contributed by atoms with Gasteiger partial charge in [-0.3, -0.25) is 15.1 Å². The highest BCUT2D eigenvalue weighted by atomic mass is 19.1. The van der Waals surface area contributed by atoms with E-state index in [0.717, 1.165) is 38.9 Å². The number of nitrogens with one attached hydrogen (secondary N) is 2. The van der Waals surface area contributed by atoms with Crippen molar-refractivity contribution in [1.29, 1.82) is 0 Å². The second kappa shape index (κ2) is 6.81. The molecule has 0 unspecified atom stereocenters. The predicted octanol–water partition coefficient (Wildman–Crippen LogP) is 4.76. The number of halogens is 1. The lowest BCUT2D eigenvalue weighted by Gasteiger charge is -2.01. The zero-order chi connectivity index (χ0) is 20.8. The second-order valence-corrected chi connectivity index (χ2v) is 7.08. The van der Waals surface area contributed by atoms with Gasteiger partial charge in [-0.2, -0.15) is 5.10 Å². The largest absolute Gasteiger partial charge is 0.335 e. The van der Waals surface area contributed by atoms with Crippen molar-refractivity contribution in [2.75, 3.05) is 0 Å². The average Bonchev–Trinajstić information content (AvgIpc) is 3.43. The van der Waals surface area contributed by atoms with Crippen LogP contribution in [-0.4, -0.2) is 35.1 Å². The van der Waals surface area contributed by atoms with E-state index in [1.165, 1.54) is 12.1 Å². The molecule has 0 aliphatic rings. The minimum absolute atomic E-state index is 0.287. The first kappa shape index (κ1) is 17.4. The van der Waals surface area contributed by atoms with Crippen molar-refractivity contribution in [3.05, 3.63) is 79.1 Å². The predicted molar refractivity (Wildman–Crippen MR) is 115 cm³/mol. The van der Waals surface area contributed by atoms with Gasteiger partial charge in [0, 0.05) is 29.7 Å². The van der Waals surface area contributed by atoms with Crippen molar-refractivity contribution in [2.24, 2.45) is 0 Å². The quantitative estimate of drug-likeness (QED) is 0.441. The van der Waals surface area contributed by atoms with E-state index in [9.17, 15) is 4.39 Å². The van der Waals surface area contributed by atoms with Crippen LogP contribution in [-0.2, 0) is 0 Å². The van der Waals surface area contributed by atoms with Crippen LogP contribution < -0.4 is 0 Å². The van der Waals surface area contributed by atoms with E-state index in [1.807, 2.05) is 24.3 Å². The fourth-order valence-electron chi connectivity index (χ4n) is 3.62. The summed E-state index contributed by atoms with van der Waals surface area (Å²) in [5.41, 5.74) is 6.98. The van der Waals surface area contributed by atoms with Gasteiger partial charge in [-0.15, -0.1) is 0 Å². The van der Waals surface area contributed by atoms with E-state index in [0.29, 0.717) is 17.0 Å². The lowest BCUT2D eigenvalue weighted by Crippen LogP contribution is -1.87. The van der Waals surface area contributed by atoms with Crippen LogP contribution in [0.15, 0.2) is 73.3 Å². The molecule has 0 saturated carbocycles. The number of imidazole rings is 1. The van der Waals surface area contributed by atoms with Crippen LogP contribution in [0.25, 0.3) is 56.0 Å². The number of nitrogens with zero attached hydrogens (tertiary/aromatic N) is 5. The number of benzene rings is 1. The van der Waals surface area contributed by atoms with Gasteiger partial charge in [0.1, 0.15) is 11.3 Å². The number of fused-ring (bicyclic) bond motifs is 2. The minimum atomic E-state index is -0.287. The number of aromatic nitrogens is 7. The Hall–Kier alpha value is -4.46. The number of pyridine rings is 3. The number of hydrogen-bond donors (Lipinski definition) is 2. The normalized spacial score (nSPS) is 11.4. The topological polar surface area (TPSA) is 96.0 Å². The molecular weight excluding hydrogens is 393 g/mol. The van der Waals surface area contributed by atoms with Gasteiger partial charge in [0.05, 0.1) is 28.4 Å². The van der Waals surface area contributed by atoms with Gasteiger partial charge in [-0.25, -0.2) is 14.4 Å². The summed E-state index contributed by atoms with van der Waals surface area (Å²) in [5, 5.41) is 7.46. The molecule has 1 aromatic carbocycles. The SMILES string of the molecule is Fc1ccc(-c2cncc3[nH]c(-c4n[nH]c5ccc(-c6cccnc6)nc45)nc23)cc1. The maximum Gasteiger partial charge on any atom is 0.161 e. The first-order chi connectivity index (χ1) is 15.3. The lowest BCUT2D eigenvalue weighted by atomic mass is 10.1. The zero-order valence-electron chi connectivity index (χ0n) is 16.0. The number of rotatable bonds is 3. The molecule has 5 heterocycles. The van der Waals surface area contributed by atoms with Gasteiger partial charge >= 0.3 is 0 Å². The van der Waals surface area contributed by atoms with Crippen LogP contribution >= 0.6 is 0 Å². The molecule has 0 bridgehead atoms. The third kappa shape index (κ3) is 2.93. The Morgan fingerprint density at radius 1 is 0.742 bits per heavy atom. The molecule has 0 aliphatic heterocycles. The third-order valence-corrected chi connectivity index (χ3v) is 5.14. The molecule has 7 nitrogen and oxygen atoms in total. The van der Waals surface area contributed by atoms with Crippen LogP contribution in [0.3, 0.4) is 0 Å². The highest BCUT2D eigenvalue weighted by Crippen LogP contribution is 2.31. The summed E-state index contributed by atoms with van der Waals surface area (Å²) in [6.45, 7) is 0. The molecule has 0 saturated heterocycles. The Balaban J connectivity index is 1.51. The maximum atomic E-state index is 13.3. The highest BCUT2D eigenvalue weighted by molar-refractivity contribution is 5.95. The fraction of sp³-hybridized carbons (Fsp3) is 0. The summed E-state index contributed by atoms with van der Waals surface area (Å²) >= 11 is 0. The molecule has 6 rings (SSSR count). The summed E-state index contributed by atoms with van der Waals surface area (Å²) in [7, 11) is 0. The third-order valence-electron chi connectivity index (χ3n) is 5.14. The van der Waals surface area contributed by atoms with Gasteiger partial charge in [-0.1, -0.05) is 12.1 Å². The lowest BCUT2D eigenvalue weighted by molar-refractivity contribution is 0.628. The fourth-order valence-corrected chi connectivity index (χ4v) is 3.62. The standard InChI is InChI=1S/C23H14FN7/c24-15-5-3-13(4-6-15)16-11-26-12-19-20(16)29-23(28-19)22-21-18(30-31-22)8-7-17(27-21)14-2-1-9-25-10-14/h1-12H,(H,28,29)(H,30,31). The molecule has 0 atom stereocenters. The number of hydrogen-bond acceptors (Lipinski definition) is 5. The average molecular weight is 407 g/mol. The molecule has 0 aliphatic carbocycles. The molecule has 0 radical (unpaired) electrons. The van der Waals surface area contributed by atoms with Gasteiger partial charge in [0.15, 0.2) is 11.5 Å². The molecule has 2 N–H and O–H groups in total.